The molecule has 1 heterocycles. The molecule has 0 fully saturated rings. The molecule has 0 aliphatic rings. The van der Waals surface area contributed by atoms with Crippen LogP contribution in [0.1, 0.15) is 17.4 Å². The Labute approximate surface area is 135 Å². The molecule has 1 aromatic heterocycles. The number of anilines is 1. The van der Waals surface area contributed by atoms with E-state index in [9.17, 15) is 4.79 Å². The fourth-order valence-corrected chi connectivity index (χ4v) is 2.90. The highest BCUT2D eigenvalue weighted by molar-refractivity contribution is 7.15. The average Bonchev–Trinajstić information content (AvgIpc) is 2.84. The van der Waals surface area contributed by atoms with Crippen LogP contribution in [0.15, 0.2) is 36.5 Å². The van der Waals surface area contributed by atoms with E-state index in [0.29, 0.717) is 5.13 Å². The van der Waals surface area contributed by atoms with Crippen molar-refractivity contribution < 1.29 is 4.79 Å². The Bertz CT molecular complexity index is 599. The first-order valence-electron chi connectivity index (χ1n) is 7.25. The van der Waals surface area contributed by atoms with Crippen LogP contribution >= 0.6 is 11.3 Å². The number of rotatable bonds is 6. The van der Waals surface area contributed by atoms with Crippen LogP contribution in [0.25, 0.3) is 0 Å². The van der Waals surface area contributed by atoms with E-state index in [4.69, 9.17) is 0 Å². The van der Waals surface area contributed by atoms with E-state index in [1.807, 2.05) is 39.1 Å². The maximum atomic E-state index is 11.9. The quantitative estimate of drug-likeness (QED) is 0.860. The molecular weight excluding hydrogens is 296 g/mol. The van der Waals surface area contributed by atoms with Crippen molar-refractivity contribution in [2.24, 2.45) is 0 Å². The predicted molar refractivity (Wildman–Crippen MR) is 91.2 cm³/mol. The molecule has 2 aromatic rings. The molecule has 0 radical (unpaired) electrons. The molecule has 2 rings (SSSR count). The topological polar surface area (TPSA) is 57.3 Å². The molecule has 1 aromatic carbocycles. The van der Waals surface area contributed by atoms with Crippen LogP contribution in [-0.2, 0) is 6.54 Å². The maximum absolute atomic E-state index is 11.9. The highest BCUT2D eigenvalue weighted by atomic mass is 32.1. The summed E-state index contributed by atoms with van der Waals surface area (Å²) in [5.74, 6) is 0. The van der Waals surface area contributed by atoms with Crippen LogP contribution < -0.4 is 10.6 Å². The Balaban J connectivity index is 1.74. The van der Waals surface area contributed by atoms with Gasteiger partial charge in [-0.25, -0.2) is 9.78 Å². The molecule has 0 saturated heterocycles. The number of nitrogens with one attached hydrogen (secondary N) is 2. The third-order valence-electron chi connectivity index (χ3n) is 3.10. The van der Waals surface area contributed by atoms with Crippen molar-refractivity contribution in [3.8, 4) is 0 Å². The standard InChI is InChI=1S/C16H22N4OS/c1-12(10-20(3)11-14-7-5-4-6-8-14)18-15(21)19-16-17-9-13(2)22-16/h4-9,12H,10-11H2,1-3H3,(H2,17,18,19,21). The maximum Gasteiger partial charge on any atom is 0.321 e. The van der Waals surface area contributed by atoms with Gasteiger partial charge in [-0.15, -0.1) is 11.3 Å². The smallest absolute Gasteiger partial charge is 0.321 e. The number of benzene rings is 1. The minimum Gasteiger partial charge on any atom is -0.334 e. The highest BCUT2D eigenvalue weighted by Crippen LogP contribution is 2.16. The Kier molecular flexibility index (Phi) is 5.91. The molecule has 0 aliphatic carbocycles. The predicted octanol–water partition coefficient (Wildman–Crippen LogP) is 3.09. The fourth-order valence-electron chi connectivity index (χ4n) is 2.24. The number of aryl methyl sites for hydroxylation is 1. The summed E-state index contributed by atoms with van der Waals surface area (Å²) in [5.41, 5.74) is 1.26. The van der Waals surface area contributed by atoms with Gasteiger partial charge in [0.2, 0.25) is 0 Å². The first-order chi connectivity index (χ1) is 10.5. The second-order valence-electron chi connectivity index (χ2n) is 5.46. The van der Waals surface area contributed by atoms with Crippen LogP contribution in [0.3, 0.4) is 0 Å². The van der Waals surface area contributed by atoms with Gasteiger partial charge in [0.05, 0.1) is 0 Å². The number of aromatic nitrogens is 1. The molecule has 2 N–H and O–H groups in total. The molecule has 5 nitrogen and oxygen atoms in total. The summed E-state index contributed by atoms with van der Waals surface area (Å²) in [6.07, 6.45) is 1.75. The molecule has 2 amide bonds. The van der Waals surface area contributed by atoms with Crippen molar-refractivity contribution >= 4 is 22.5 Å². The average molecular weight is 318 g/mol. The van der Waals surface area contributed by atoms with Crippen molar-refractivity contribution in [1.29, 1.82) is 0 Å². The summed E-state index contributed by atoms with van der Waals surface area (Å²) < 4.78 is 0. The van der Waals surface area contributed by atoms with Gasteiger partial charge in [-0.05, 0) is 26.5 Å². The minimum atomic E-state index is -0.213. The number of nitrogens with zero attached hydrogens (tertiary/aromatic N) is 2. The summed E-state index contributed by atoms with van der Waals surface area (Å²) in [6, 6.07) is 10.1. The molecule has 1 atom stereocenters. The van der Waals surface area contributed by atoms with Crippen LogP contribution in [0.2, 0.25) is 0 Å². The number of carbonyl (C=O) groups excluding carboxylic acids is 1. The lowest BCUT2D eigenvalue weighted by Crippen LogP contribution is -2.42. The second-order valence-corrected chi connectivity index (χ2v) is 6.69. The number of hydrogen-bond donors (Lipinski definition) is 2. The van der Waals surface area contributed by atoms with Gasteiger partial charge in [0.15, 0.2) is 5.13 Å². The van der Waals surface area contributed by atoms with E-state index >= 15 is 0 Å². The monoisotopic (exact) mass is 318 g/mol. The lowest BCUT2D eigenvalue weighted by atomic mass is 10.2. The first-order valence-corrected chi connectivity index (χ1v) is 8.07. The number of amides is 2. The number of likely N-dealkylation sites (N-methyl/N-ethyl adjacent to an activating group) is 1. The fraction of sp³-hybridized carbons (Fsp3) is 0.375. The number of urea groups is 1. The van der Waals surface area contributed by atoms with Gasteiger partial charge in [0.25, 0.3) is 0 Å². The zero-order chi connectivity index (χ0) is 15.9. The summed E-state index contributed by atoms with van der Waals surface area (Å²) in [7, 11) is 2.05. The third-order valence-corrected chi connectivity index (χ3v) is 3.93. The second kappa shape index (κ2) is 7.91. The van der Waals surface area contributed by atoms with E-state index < -0.39 is 0 Å². The van der Waals surface area contributed by atoms with Crippen molar-refractivity contribution in [3.05, 3.63) is 47.0 Å². The molecular formula is C16H22N4OS. The highest BCUT2D eigenvalue weighted by Gasteiger charge is 2.11. The molecule has 0 saturated carbocycles. The van der Waals surface area contributed by atoms with Crippen LogP contribution in [0.4, 0.5) is 9.93 Å². The lowest BCUT2D eigenvalue weighted by molar-refractivity contribution is 0.241. The molecule has 0 aliphatic heterocycles. The van der Waals surface area contributed by atoms with Crippen molar-refractivity contribution in [1.82, 2.24) is 15.2 Å². The van der Waals surface area contributed by atoms with Crippen molar-refractivity contribution in [2.45, 2.75) is 26.4 Å². The van der Waals surface area contributed by atoms with Gasteiger partial charge in [-0.3, -0.25) is 5.32 Å². The van der Waals surface area contributed by atoms with Crippen LogP contribution in [-0.4, -0.2) is 35.5 Å². The summed E-state index contributed by atoms with van der Waals surface area (Å²) in [5, 5.41) is 6.31. The Morgan fingerprint density at radius 3 is 2.73 bits per heavy atom. The van der Waals surface area contributed by atoms with E-state index in [-0.39, 0.29) is 12.1 Å². The number of hydrogen-bond acceptors (Lipinski definition) is 4. The largest absolute Gasteiger partial charge is 0.334 e. The zero-order valence-corrected chi connectivity index (χ0v) is 14.0. The Morgan fingerprint density at radius 1 is 1.36 bits per heavy atom. The molecule has 22 heavy (non-hydrogen) atoms. The summed E-state index contributed by atoms with van der Waals surface area (Å²) in [4.78, 5) is 19.3. The Morgan fingerprint density at radius 2 is 2.09 bits per heavy atom. The van der Waals surface area contributed by atoms with Gasteiger partial charge < -0.3 is 10.2 Å². The normalized spacial score (nSPS) is 12.2. The summed E-state index contributed by atoms with van der Waals surface area (Å²) in [6.45, 7) is 5.59. The van der Waals surface area contributed by atoms with E-state index in [1.165, 1.54) is 16.9 Å². The van der Waals surface area contributed by atoms with E-state index in [2.05, 4.69) is 32.7 Å². The Hall–Kier alpha value is -1.92. The van der Waals surface area contributed by atoms with Gasteiger partial charge in [-0.1, -0.05) is 30.3 Å². The van der Waals surface area contributed by atoms with Crippen molar-refractivity contribution in [3.63, 3.8) is 0 Å². The SMILES string of the molecule is Cc1cnc(NC(=O)NC(C)CN(C)Cc2ccccc2)s1. The number of carbonyl (C=O) groups is 1. The van der Waals surface area contributed by atoms with E-state index in [1.54, 1.807) is 6.20 Å². The zero-order valence-electron chi connectivity index (χ0n) is 13.2. The minimum absolute atomic E-state index is 0.0507. The molecule has 1 unspecified atom stereocenters. The van der Waals surface area contributed by atoms with Gasteiger partial charge in [-0.2, -0.15) is 0 Å². The first kappa shape index (κ1) is 16.5. The molecule has 118 valence electrons. The lowest BCUT2D eigenvalue weighted by Gasteiger charge is -2.22. The summed E-state index contributed by atoms with van der Waals surface area (Å²) >= 11 is 1.47. The van der Waals surface area contributed by atoms with E-state index in [0.717, 1.165) is 18.0 Å². The van der Waals surface area contributed by atoms with Crippen LogP contribution in [0.5, 0.6) is 0 Å². The molecule has 0 bridgehead atoms. The van der Waals surface area contributed by atoms with Crippen LogP contribution in [0, 0.1) is 6.92 Å². The van der Waals surface area contributed by atoms with Gasteiger partial charge in [0.1, 0.15) is 0 Å². The van der Waals surface area contributed by atoms with Gasteiger partial charge >= 0.3 is 6.03 Å². The molecule has 6 heteroatoms. The number of thiazole rings is 1. The third kappa shape index (κ3) is 5.46. The molecule has 0 spiro atoms. The van der Waals surface area contributed by atoms with Crippen molar-refractivity contribution in [2.75, 3.05) is 18.9 Å². The van der Waals surface area contributed by atoms with Gasteiger partial charge in [0, 0.05) is 30.2 Å².